The lowest BCUT2D eigenvalue weighted by Gasteiger charge is -2.19. The first kappa shape index (κ1) is 10.0. The summed E-state index contributed by atoms with van der Waals surface area (Å²) in [7, 11) is 3.65. The lowest BCUT2D eigenvalue weighted by Crippen LogP contribution is -2.42. The third-order valence-corrected chi connectivity index (χ3v) is 2.43. The van der Waals surface area contributed by atoms with Crippen LogP contribution in [0.4, 0.5) is 0 Å². The van der Waals surface area contributed by atoms with Crippen LogP contribution in [0.5, 0.6) is 0 Å². The topological polar surface area (TPSA) is 53.6 Å². The highest BCUT2D eigenvalue weighted by Gasteiger charge is 2.04. The van der Waals surface area contributed by atoms with Crippen LogP contribution in [-0.4, -0.2) is 25.0 Å². The van der Waals surface area contributed by atoms with Crippen molar-refractivity contribution in [2.45, 2.75) is 6.54 Å². The predicted octanol–water partition coefficient (Wildman–Crippen LogP) is 0.629. The SMILES string of the molecule is CN=C(NN)N(C)Cc1ccsc1. The minimum Gasteiger partial charge on any atom is -0.341 e. The molecule has 0 aliphatic carbocycles. The molecule has 1 aromatic rings. The van der Waals surface area contributed by atoms with Crippen molar-refractivity contribution in [3.05, 3.63) is 22.4 Å². The van der Waals surface area contributed by atoms with Gasteiger partial charge in [0.15, 0.2) is 0 Å². The quantitative estimate of drug-likeness (QED) is 0.317. The van der Waals surface area contributed by atoms with Crippen molar-refractivity contribution in [2.75, 3.05) is 14.1 Å². The normalized spacial score (nSPS) is 11.5. The van der Waals surface area contributed by atoms with Gasteiger partial charge in [-0.15, -0.1) is 0 Å². The second kappa shape index (κ2) is 4.84. The maximum absolute atomic E-state index is 5.29. The summed E-state index contributed by atoms with van der Waals surface area (Å²) in [6.45, 7) is 0.820. The van der Waals surface area contributed by atoms with Crippen LogP contribution in [0.2, 0.25) is 0 Å². The lowest BCUT2D eigenvalue weighted by molar-refractivity contribution is 0.480. The van der Waals surface area contributed by atoms with Crippen molar-refractivity contribution >= 4 is 17.3 Å². The Labute approximate surface area is 82.0 Å². The number of nitrogens with zero attached hydrogens (tertiary/aromatic N) is 2. The summed E-state index contributed by atoms with van der Waals surface area (Å²) in [5.41, 5.74) is 3.81. The summed E-state index contributed by atoms with van der Waals surface area (Å²) in [6, 6.07) is 2.09. The van der Waals surface area contributed by atoms with Gasteiger partial charge in [-0.2, -0.15) is 11.3 Å². The van der Waals surface area contributed by atoms with Gasteiger partial charge >= 0.3 is 0 Å². The second-order valence-electron chi connectivity index (χ2n) is 2.68. The average molecular weight is 198 g/mol. The number of nitrogens with one attached hydrogen (secondary N) is 1. The van der Waals surface area contributed by atoms with Crippen LogP contribution >= 0.6 is 11.3 Å². The van der Waals surface area contributed by atoms with Crippen LogP contribution in [0.1, 0.15) is 5.56 Å². The second-order valence-corrected chi connectivity index (χ2v) is 3.46. The van der Waals surface area contributed by atoms with Crippen LogP contribution in [0.15, 0.2) is 21.8 Å². The minimum atomic E-state index is 0.686. The smallest absolute Gasteiger partial charge is 0.208 e. The van der Waals surface area contributed by atoms with Gasteiger partial charge in [-0.25, -0.2) is 5.84 Å². The van der Waals surface area contributed by atoms with E-state index in [9.17, 15) is 0 Å². The van der Waals surface area contributed by atoms with Gasteiger partial charge in [0.05, 0.1) is 0 Å². The zero-order chi connectivity index (χ0) is 9.68. The summed E-state index contributed by atoms with van der Waals surface area (Å²) in [5, 5.41) is 4.17. The summed E-state index contributed by atoms with van der Waals surface area (Å²) in [5.74, 6) is 5.98. The number of hydrogen-bond acceptors (Lipinski definition) is 3. The molecule has 0 spiro atoms. The van der Waals surface area contributed by atoms with E-state index in [2.05, 4.69) is 27.2 Å². The van der Waals surface area contributed by atoms with Gasteiger partial charge in [-0.3, -0.25) is 10.4 Å². The third-order valence-electron chi connectivity index (χ3n) is 1.70. The maximum Gasteiger partial charge on any atom is 0.208 e. The first-order chi connectivity index (χ1) is 6.27. The summed E-state index contributed by atoms with van der Waals surface area (Å²) in [4.78, 5) is 5.96. The molecule has 0 unspecified atom stereocenters. The van der Waals surface area contributed by atoms with E-state index in [0.717, 1.165) is 6.54 Å². The molecule has 0 saturated heterocycles. The monoisotopic (exact) mass is 198 g/mol. The predicted molar refractivity (Wildman–Crippen MR) is 56.5 cm³/mol. The molecular formula is C8H14N4S. The van der Waals surface area contributed by atoms with Crippen molar-refractivity contribution < 1.29 is 0 Å². The van der Waals surface area contributed by atoms with Crippen molar-refractivity contribution in [3.8, 4) is 0 Å². The number of hydrazine groups is 1. The Morgan fingerprint density at radius 1 is 1.77 bits per heavy atom. The molecule has 0 saturated carbocycles. The Hall–Kier alpha value is -1.07. The molecule has 1 rings (SSSR count). The van der Waals surface area contributed by atoms with Gasteiger partial charge in [0.2, 0.25) is 5.96 Å². The zero-order valence-electron chi connectivity index (χ0n) is 7.82. The van der Waals surface area contributed by atoms with Gasteiger partial charge in [0, 0.05) is 20.6 Å². The van der Waals surface area contributed by atoms with Crippen LogP contribution in [0.25, 0.3) is 0 Å². The number of nitrogens with two attached hydrogens (primary N) is 1. The minimum absolute atomic E-state index is 0.686. The summed E-state index contributed by atoms with van der Waals surface area (Å²) in [6.07, 6.45) is 0. The number of hydrogen-bond donors (Lipinski definition) is 2. The van der Waals surface area contributed by atoms with Crippen molar-refractivity contribution in [2.24, 2.45) is 10.8 Å². The molecule has 4 nitrogen and oxygen atoms in total. The zero-order valence-corrected chi connectivity index (χ0v) is 8.64. The van der Waals surface area contributed by atoms with Crippen molar-refractivity contribution in [1.82, 2.24) is 10.3 Å². The summed E-state index contributed by atoms with van der Waals surface area (Å²) < 4.78 is 0. The van der Waals surface area contributed by atoms with Gasteiger partial charge in [-0.1, -0.05) is 0 Å². The molecule has 5 heteroatoms. The Morgan fingerprint density at radius 3 is 3.00 bits per heavy atom. The van der Waals surface area contributed by atoms with Crippen LogP contribution < -0.4 is 11.3 Å². The maximum atomic E-state index is 5.29. The Morgan fingerprint density at radius 2 is 2.54 bits per heavy atom. The molecule has 0 aliphatic rings. The van der Waals surface area contributed by atoms with E-state index in [1.165, 1.54) is 5.56 Å². The number of rotatable bonds is 2. The van der Waals surface area contributed by atoms with E-state index in [4.69, 9.17) is 5.84 Å². The standard InChI is InChI=1S/C8H14N4S/c1-10-8(11-9)12(2)5-7-3-4-13-6-7/h3-4,6H,5,9H2,1-2H3,(H,10,11). The third kappa shape index (κ3) is 2.71. The van der Waals surface area contributed by atoms with Crippen molar-refractivity contribution in [1.29, 1.82) is 0 Å². The highest BCUT2D eigenvalue weighted by atomic mass is 32.1. The number of aliphatic imine (C=N–C) groups is 1. The van der Waals surface area contributed by atoms with Crippen LogP contribution in [0, 0.1) is 0 Å². The van der Waals surface area contributed by atoms with Crippen LogP contribution in [-0.2, 0) is 6.54 Å². The highest BCUT2D eigenvalue weighted by Crippen LogP contribution is 2.07. The highest BCUT2D eigenvalue weighted by molar-refractivity contribution is 7.07. The fourth-order valence-electron chi connectivity index (χ4n) is 1.08. The summed E-state index contributed by atoms with van der Waals surface area (Å²) >= 11 is 1.69. The average Bonchev–Trinajstić information content (AvgIpc) is 2.59. The lowest BCUT2D eigenvalue weighted by atomic mass is 10.3. The van der Waals surface area contributed by atoms with E-state index < -0.39 is 0 Å². The van der Waals surface area contributed by atoms with E-state index in [-0.39, 0.29) is 0 Å². The van der Waals surface area contributed by atoms with Gasteiger partial charge < -0.3 is 4.90 Å². The molecule has 0 aromatic carbocycles. The fraction of sp³-hybridized carbons (Fsp3) is 0.375. The molecular weight excluding hydrogens is 184 g/mol. The number of thiophene rings is 1. The van der Waals surface area contributed by atoms with E-state index in [1.54, 1.807) is 18.4 Å². The molecule has 0 fully saturated rings. The molecule has 1 aromatic heterocycles. The molecule has 13 heavy (non-hydrogen) atoms. The number of guanidine groups is 1. The van der Waals surface area contributed by atoms with E-state index >= 15 is 0 Å². The van der Waals surface area contributed by atoms with Crippen molar-refractivity contribution in [3.63, 3.8) is 0 Å². The molecule has 0 aliphatic heterocycles. The Kier molecular flexibility index (Phi) is 3.72. The van der Waals surface area contributed by atoms with Crippen LogP contribution in [0.3, 0.4) is 0 Å². The molecule has 0 amide bonds. The largest absolute Gasteiger partial charge is 0.341 e. The molecule has 1 heterocycles. The molecule has 0 radical (unpaired) electrons. The van der Waals surface area contributed by atoms with Gasteiger partial charge in [-0.05, 0) is 22.4 Å². The first-order valence-corrected chi connectivity index (χ1v) is 4.87. The Bertz CT molecular complexity index is 268. The molecule has 0 bridgehead atoms. The molecule has 3 N–H and O–H groups in total. The fourth-order valence-corrected chi connectivity index (χ4v) is 1.74. The molecule has 72 valence electrons. The first-order valence-electron chi connectivity index (χ1n) is 3.93. The van der Waals surface area contributed by atoms with Gasteiger partial charge in [0.25, 0.3) is 0 Å². The van der Waals surface area contributed by atoms with E-state index in [1.807, 2.05) is 11.9 Å². The van der Waals surface area contributed by atoms with E-state index in [0.29, 0.717) is 5.96 Å². The van der Waals surface area contributed by atoms with Gasteiger partial charge in [0.1, 0.15) is 0 Å². The molecule has 0 atom stereocenters. The Balaban J connectivity index is 2.55.